The number of hydrogen-bond acceptors (Lipinski definition) is 6. The van der Waals surface area contributed by atoms with E-state index in [-0.39, 0.29) is 22.9 Å². The number of aromatic nitrogens is 4. The number of hydrogen-bond donors (Lipinski definition) is 2. The summed E-state index contributed by atoms with van der Waals surface area (Å²) in [5.41, 5.74) is 4.26. The van der Waals surface area contributed by atoms with Crippen molar-refractivity contribution in [3.05, 3.63) is 82.2 Å². The quantitative estimate of drug-likeness (QED) is 0.427. The van der Waals surface area contributed by atoms with Crippen molar-refractivity contribution in [3.8, 4) is 17.0 Å². The lowest BCUT2D eigenvalue weighted by Gasteiger charge is -2.48. The van der Waals surface area contributed by atoms with Crippen LogP contribution in [0.25, 0.3) is 22.0 Å². The van der Waals surface area contributed by atoms with Gasteiger partial charge in [-0.3, -0.25) is 9.59 Å². The fourth-order valence-electron chi connectivity index (χ4n) is 5.64. The average molecular weight is 482 g/mol. The van der Waals surface area contributed by atoms with Gasteiger partial charge >= 0.3 is 0 Å². The molecule has 6 rings (SSSR count). The second-order valence-electron chi connectivity index (χ2n) is 9.87. The van der Waals surface area contributed by atoms with Crippen molar-refractivity contribution in [2.24, 2.45) is 5.41 Å². The van der Waals surface area contributed by atoms with Gasteiger partial charge in [0.25, 0.3) is 11.5 Å². The molecular formula is C28H27N5O3. The van der Waals surface area contributed by atoms with Crippen molar-refractivity contribution in [1.82, 2.24) is 25.5 Å². The summed E-state index contributed by atoms with van der Waals surface area (Å²) in [5.74, 6) is 0.604. The Morgan fingerprint density at radius 2 is 2.03 bits per heavy atom. The van der Waals surface area contributed by atoms with Crippen LogP contribution in [0.5, 0.6) is 5.75 Å². The predicted octanol–water partition coefficient (Wildman–Crippen LogP) is 4.19. The van der Waals surface area contributed by atoms with Crippen LogP contribution in [0.4, 0.5) is 0 Å². The molecule has 0 saturated heterocycles. The van der Waals surface area contributed by atoms with E-state index in [9.17, 15) is 9.59 Å². The molecule has 182 valence electrons. The summed E-state index contributed by atoms with van der Waals surface area (Å²) in [4.78, 5) is 33.4. The van der Waals surface area contributed by atoms with Gasteiger partial charge in [0, 0.05) is 22.6 Å². The molecule has 2 N–H and O–H groups in total. The van der Waals surface area contributed by atoms with E-state index in [0.29, 0.717) is 23.3 Å². The zero-order chi connectivity index (χ0) is 24.7. The maximum Gasteiger partial charge on any atom is 0.272 e. The number of benzene rings is 2. The smallest absolute Gasteiger partial charge is 0.272 e. The normalized spacial score (nSPS) is 20.1. The van der Waals surface area contributed by atoms with Gasteiger partial charge in [0.05, 0.1) is 17.3 Å². The highest BCUT2D eigenvalue weighted by atomic mass is 16.5. The van der Waals surface area contributed by atoms with Crippen LogP contribution in [0.3, 0.4) is 0 Å². The predicted molar refractivity (Wildman–Crippen MR) is 136 cm³/mol. The Morgan fingerprint density at radius 3 is 2.86 bits per heavy atom. The van der Waals surface area contributed by atoms with Crippen LogP contribution in [0.2, 0.25) is 0 Å². The highest BCUT2D eigenvalue weighted by molar-refractivity contribution is 5.95. The van der Waals surface area contributed by atoms with Crippen molar-refractivity contribution in [2.75, 3.05) is 0 Å². The van der Waals surface area contributed by atoms with E-state index < -0.39 is 0 Å². The fourth-order valence-corrected chi connectivity index (χ4v) is 5.64. The second kappa shape index (κ2) is 8.86. The molecule has 2 aromatic heterocycles. The monoisotopic (exact) mass is 481 g/mol. The minimum absolute atomic E-state index is 0.0608. The number of fused-ring (bicyclic) bond motifs is 4. The molecule has 8 heteroatoms. The number of ether oxygens (including phenoxy) is 1. The van der Waals surface area contributed by atoms with Crippen molar-refractivity contribution >= 4 is 16.7 Å². The van der Waals surface area contributed by atoms with Crippen LogP contribution in [0.1, 0.15) is 54.2 Å². The molecule has 2 aromatic carbocycles. The van der Waals surface area contributed by atoms with E-state index in [0.717, 1.165) is 60.0 Å². The SMILES string of the molecule is CC[C@]1(CCc2n[nH]c(=O)c3ccccc23)C[C@H](NC(=O)c2ccc3c(c2)COc2cncnc2-3)C1. The molecule has 1 aliphatic heterocycles. The first-order valence-corrected chi connectivity index (χ1v) is 12.4. The molecule has 1 aliphatic carbocycles. The average Bonchev–Trinajstić information content (AvgIpc) is 2.90. The zero-order valence-corrected chi connectivity index (χ0v) is 20.1. The van der Waals surface area contributed by atoms with Gasteiger partial charge in [0.15, 0.2) is 5.75 Å². The van der Waals surface area contributed by atoms with Crippen molar-refractivity contribution in [2.45, 2.75) is 51.7 Å². The van der Waals surface area contributed by atoms with Crippen LogP contribution in [-0.2, 0) is 13.0 Å². The number of aryl methyl sites for hydroxylation is 1. The molecule has 0 atom stereocenters. The highest BCUT2D eigenvalue weighted by Crippen LogP contribution is 2.48. The molecule has 36 heavy (non-hydrogen) atoms. The third-order valence-corrected chi connectivity index (χ3v) is 7.80. The van der Waals surface area contributed by atoms with Crippen LogP contribution in [0.15, 0.2) is 59.8 Å². The molecule has 2 aliphatic rings. The third kappa shape index (κ3) is 3.92. The first kappa shape index (κ1) is 22.4. The molecule has 1 fully saturated rings. The van der Waals surface area contributed by atoms with Gasteiger partial charge in [-0.15, -0.1) is 0 Å². The van der Waals surface area contributed by atoms with Gasteiger partial charge in [-0.25, -0.2) is 15.1 Å². The highest BCUT2D eigenvalue weighted by Gasteiger charge is 2.43. The Balaban J connectivity index is 1.10. The Labute approximate surface area is 208 Å². The fraction of sp³-hybridized carbons (Fsp3) is 0.321. The maximum atomic E-state index is 13.0. The van der Waals surface area contributed by atoms with Crippen molar-refractivity contribution in [1.29, 1.82) is 0 Å². The Kier molecular flexibility index (Phi) is 5.51. The van der Waals surface area contributed by atoms with E-state index in [2.05, 4.69) is 32.4 Å². The number of amides is 1. The summed E-state index contributed by atoms with van der Waals surface area (Å²) in [6.45, 7) is 2.61. The van der Waals surface area contributed by atoms with Crippen LogP contribution < -0.4 is 15.6 Å². The number of nitrogens with zero attached hydrogens (tertiary/aromatic N) is 3. The van der Waals surface area contributed by atoms with E-state index in [4.69, 9.17) is 4.74 Å². The summed E-state index contributed by atoms with van der Waals surface area (Å²) in [6, 6.07) is 13.5. The molecule has 8 nitrogen and oxygen atoms in total. The Morgan fingerprint density at radius 1 is 1.19 bits per heavy atom. The first-order valence-electron chi connectivity index (χ1n) is 12.4. The number of aromatic amines is 1. The maximum absolute atomic E-state index is 13.0. The van der Waals surface area contributed by atoms with Crippen LogP contribution in [-0.4, -0.2) is 32.1 Å². The molecule has 1 saturated carbocycles. The standard InChI is InChI=1S/C28H27N5O3/c1-2-28(10-9-23-21-5-3-4-6-22(21)27(35)33-32-23)12-19(13-28)31-26(34)17-7-8-20-18(11-17)15-36-24-14-29-16-30-25(20)24/h3-8,11,14,16,19H,2,9-10,12-13,15H2,1H3,(H,31,34)(H,33,35)/t19-,28-. The Hall–Kier alpha value is -4.07. The van der Waals surface area contributed by atoms with E-state index in [1.807, 2.05) is 42.5 Å². The summed E-state index contributed by atoms with van der Waals surface area (Å²) in [6.07, 6.45) is 7.85. The van der Waals surface area contributed by atoms with Crippen molar-refractivity contribution in [3.63, 3.8) is 0 Å². The molecular weight excluding hydrogens is 454 g/mol. The summed E-state index contributed by atoms with van der Waals surface area (Å²) < 4.78 is 5.76. The van der Waals surface area contributed by atoms with Gasteiger partial charge in [-0.2, -0.15) is 5.10 Å². The number of H-pyrrole nitrogens is 1. The summed E-state index contributed by atoms with van der Waals surface area (Å²) in [7, 11) is 0. The van der Waals surface area contributed by atoms with Crippen LogP contribution in [0, 0.1) is 5.41 Å². The largest absolute Gasteiger partial charge is 0.485 e. The molecule has 0 bridgehead atoms. The minimum Gasteiger partial charge on any atom is -0.485 e. The third-order valence-electron chi connectivity index (χ3n) is 7.80. The van der Waals surface area contributed by atoms with Gasteiger partial charge in [-0.05, 0) is 54.9 Å². The molecule has 1 amide bonds. The molecule has 0 radical (unpaired) electrons. The second-order valence-corrected chi connectivity index (χ2v) is 9.87. The first-order chi connectivity index (χ1) is 17.5. The van der Waals surface area contributed by atoms with Crippen LogP contribution >= 0.6 is 0 Å². The zero-order valence-electron chi connectivity index (χ0n) is 20.1. The molecule has 0 spiro atoms. The van der Waals surface area contributed by atoms with E-state index in [1.54, 1.807) is 6.20 Å². The van der Waals surface area contributed by atoms with E-state index >= 15 is 0 Å². The van der Waals surface area contributed by atoms with Gasteiger partial charge in [0.1, 0.15) is 18.6 Å². The Bertz CT molecular complexity index is 1520. The lowest BCUT2D eigenvalue weighted by Crippen LogP contribution is -2.50. The number of nitrogens with one attached hydrogen (secondary N) is 2. The lowest BCUT2D eigenvalue weighted by molar-refractivity contribution is 0.0571. The summed E-state index contributed by atoms with van der Waals surface area (Å²) >= 11 is 0. The minimum atomic E-state index is -0.155. The van der Waals surface area contributed by atoms with Gasteiger partial charge in [0.2, 0.25) is 0 Å². The number of carbonyl (C=O) groups excluding carboxylic acids is 1. The van der Waals surface area contributed by atoms with E-state index in [1.165, 1.54) is 6.33 Å². The van der Waals surface area contributed by atoms with Gasteiger partial charge < -0.3 is 10.1 Å². The summed E-state index contributed by atoms with van der Waals surface area (Å²) in [5, 5.41) is 11.8. The molecule has 3 heterocycles. The number of rotatable bonds is 6. The molecule has 4 aromatic rings. The van der Waals surface area contributed by atoms with Crippen molar-refractivity contribution < 1.29 is 9.53 Å². The number of carbonyl (C=O) groups is 1. The molecule has 0 unspecified atom stereocenters. The van der Waals surface area contributed by atoms with Gasteiger partial charge in [-0.1, -0.05) is 37.6 Å². The lowest BCUT2D eigenvalue weighted by atomic mass is 9.61. The topological polar surface area (TPSA) is 110 Å².